The Morgan fingerprint density at radius 3 is 2.23 bits per heavy atom. The van der Waals surface area contributed by atoms with Crippen molar-refractivity contribution in [3.05, 3.63) is 0 Å². The normalized spacial score (nSPS) is 26.5. The summed E-state index contributed by atoms with van der Waals surface area (Å²) in [6, 6.07) is 0. The molecule has 1 saturated heterocycles. The number of hydrogen-bond acceptors (Lipinski definition) is 5. The SMILES string of the molecule is CON(C)C(=O)[C@]1(C(N)=O)O[C@H]1[C@H](C)O[Si](C)(C)C(C)(C)C. The summed E-state index contributed by atoms with van der Waals surface area (Å²) in [5.74, 6) is -1.43. The molecule has 7 nitrogen and oxygen atoms in total. The minimum absolute atomic E-state index is 0.0128. The van der Waals surface area contributed by atoms with Crippen LogP contribution in [0.2, 0.25) is 18.1 Å². The first kappa shape index (κ1) is 19.1. The molecule has 1 fully saturated rings. The van der Waals surface area contributed by atoms with Crippen molar-refractivity contribution in [3.63, 3.8) is 0 Å². The molecule has 0 unspecified atom stereocenters. The van der Waals surface area contributed by atoms with Crippen LogP contribution in [0.5, 0.6) is 0 Å². The van der Waals surface area contributed by atoms with Crippen LogP contribution in [0.25, 0.3) is 0 Å². The summed E-state index contributed by atoms with van der Waals surface area (Å²) < 4.78 is 11.6. The number of nitrogens with zero attached hydrogens (tertiary/aromatic N) is 1. The van der Waals surface area contributed by atoms with Crippen molar-refractivity contribution in [3.8, 4) is 0 Å². The lowest BCUT2D eigenvalue weighted by atomic mass is 10.0. The maximum atomic E-state index is 12.3. The van der Waals surface area contributed by atoms with Gasteiger partial charge in [0.25, 0.3) is 17.4 Å². The van der Waals surface area contributed by atoms with Crippen LogP contribution >= 0.6 is 0 Å². The third-order valence-electron chi connectivity index (χ3n) is 4.61. The molecule has 0 aromatic rings. The minimum atomic E-state index is -2.05. The van der Waals surface area contributed by atoms with Crippen LogP contribution in [0, 0.1) is 0 Å². The quantitative estimate of drug-likeness (QED) is 0.339. The van der Waals surface area contributed by atoms with Gasteiger partial charge in [-0.2, -0.15) is 0 Å². The summed E-state index contributed by atoms with van der Waals surface area (Å²) in [5, 5.41) is 0.961. The van der Waals surface area contributed by atoms with Crippen molar-refractivity contribution < 1.29 is 23.6 Å². The smallest absolute Gasteiger partial charge is 0.290 e. The average Bonchev–Trinajstić information content (AvgIpc) is 3.11. The molecule has 8 heteroatoms. The van der Waals surface area contributed by atoms with E-state index in [1.54, 1.807) is 6.92 Å². The van der Waals surface area contributed by atoms with E-state index >= 15 is 0 Å². The molecule has 0 aliphatic carbocycles. The first-order valence-corrected chi connectivity index (χ1v) is 10.2. The molecule has 3 atom stereocenters. The second-order valence-electron chi connectivity index (χ2n) is 7.21. The summed E-state index contributed by atoms with van der Waals surface area (Å²) in [5.41, 5.74) is 3.70. The van der Waals surface area contributed by atoms with E-state index in [0.717, 1.165) is 5.06 Å². The van der Waals surface area contributed by atoms with Crippen molar-refractivity contribution in [1.82, 2.24) is 5.06 Å². The van der Waals surface area contributed by atoms with Crippen molar-refractivity contribution in [2.24, 2.45) is 5.73 Å². The molecular weight excluding hydrogens is 304 g/mol. The van der Waals surface area contributed by atoms with Crippen LogP contribution in [0.3, 0.4) is 0 Å². The van der Waals surface area contributed by atoms with Crippen LogP contribution in [0.1, 0.15) is 27.7 Å². The largest absolute Gasteiger partial charge is 0.411 e. The van der Waals surface area contributed by atoms with Gasteiger partial charge in [-0.05, 0) is 25.1 Å². The summed E-state index contributed by atoms with van der Waals surface area (Å²) >= 11 is 0. The molecule has 128 valence electrons. The van der Waals surface area contributed by atoms with Crippen LogP contribution in [-0.2, 0) is 23.6 Å². The van der Waals surface area contributed by atoms with Gasteiger partial charge in [-0.1, -0.05) is 20.8 Å². The van der Waals surface area contributed by atoms with E-state index in [9.17, 15) is 9.59 Å². The number of likely N-dealkylation sites (N-methyl/N-ethyl adjacent to an activating group) is 1. The zero-order chi connectivity index (χ0) is 17.5. The number of hydroxylamine groups is 2. The third kappa shape index (κ3) is 3.19. The summed E-state index contributed by atoms with van der Waals surface area (Å²) in [6.07, 6.45) is -1.10. The Bertz CT molecular complexity index is 463. The Kier molecular flexibility index (Phi) is 5.13. The number of nitrogens with two attached hydrogens (primary N) is 1. The number of hydrogen-bond donors (Lipinski definition) is 1. The molecule has 0 bridgehead atoms. The molecule has 0 aromatic carbocycles. The van der Waals surface area contributed by atoms with Gasteiger partial charge < -0.3 is 14.9 Å². The molecule has 22 heavy (non-hydrogen) atoms. The average molecular weight is 332 g/mol. The fourth-order valence-corrected chi connectivity index (χ4v) is 3.50. The van der Waals surface area contributed by atoms with Gasteiger partial charge in [0.15, 0.2) is 8.32 Å². The molecule has 1 rings (SSSR count). The summed E-state index contributed by atoms with van der Waals surface area (Å²) in [7, 11) is 0.694. The monoisotopic (exact) mass is 332 g/mol. The fourth-order valence-electron chi connectivity index (χ4n) is 2.09. The lowest BCUT2D eigenvalue weighted by molar-refractivity contribution is -0.175. The van der Waals surface area contributed by atoms with Gasteiger partial charge in [-0.25, -0.2) is 5.06 Å². The Labute approximate surface area is 133 Å². The van der Waals surface area contributed by atoms with Gasteiger partial charge >= 0.3 is 0 Å². The molecule has 1 heterocycles. The Morgan fingerprint density at radius 1 is 1.36 bits per heavy atom. The van der Waals surface area contributed by atoms with Crippen LogP contribution in [0.4, 0.5) is 0 Å². The molecule has 0 saturated carbocycles. The first-order valence-electron chi connectivity index (χ1n) is 7.29. The third-order valence-corrected chi connectivity index (χ3v) is 9.19. The van der Waals surface area contributed by atoms with Gasteiger partial charge in [-0.3, -0.25) is 14.4 Å². The van der Waals surface area contributed by atoms with Crippen molar-refractivity contribution in [2.45, 2.75) is 63.6 Å². The topological polar surface area (TPSA) is 94.4 Å². The molecule has 1 aliphatic rings. The highest BCUT2D eigenvalue weighted by Crippen LogP contribution is 2.44. The number of carbonyl (C=O) groups excluding carboxylic acids is 2. The van der Waals surface area contributed by atoms with Crippen molar-refractivity contribution in [1.29, 1.82) is 0 Å². The van der Waals surface area contributed by atoms with Crippen molar-refractivity contribution in [2.75, 3.05) is 14.2 Å². The number of ether oxygens (including phenoxy) is 1. The zero-order valence-corrected chi connectivity index (χ0v) is 15.7. The maximum absolute atomic E-state index is 12.3. The van der Waals surface area contributed by atoms with E-state index in [2.05, 4.69) is 33.9 Å². The van der Waals surface area contributed by atoms with Gasteiger partial charge in [-0.15, -0.1) is 0 Å². The van der Waals surface area contributed by atoms with Crippen LogP contribution in [0.15, 0.2) is 0 Å². The predicted molar refractivity (Wildman–Crippen MR) is 84.3 cm³/mol. The molecule has 0 radical (unpaired) electrons. The highest BCUT2D eigenvalue weighted by molar-refractivity contribution is 6.74. The molecular formula is C14H28N2O5Si. The lowest BCUT2D eigenvalue weighted by Crippen LogP contribution is -2.51. The Morgan fingerprint density at radius 2 is 1.86 bits per heavy atom. The van der Waals surface area contributed by atoms with E-state index in [-0.39, 0.29) is 5.04 Å². The van der Waals surface area contributed by atoms with Crippen LogP contribution < -0.4 is 5.73 Å². The van der Waals surface area contributed by atoms with Crippen molar-refractivity contribution >= 4 is 20.1 Å². The van der Waals surface area contributed by atoms with Gasteiger partial charge in [0.2, 0.25) is 0 Å². The summed E-state index contributed by atoms with van der Waals surface area (Å²) in [6.45, 7) is 12.3. The molecule has 1 aliphatic heterocycles. The Balaban J connectivity index is 2.91. The number of amides is 2. The lowest BCUT2D eigenvalue weighted by Gasteiger charge is -2.38. The van der Waals surface area contributed by atoms with E-state index in [1.165, 1.54) is 14.2 Å². The van der Waals surface area contributed by atoms with Crippen LogP contribution in [-0.4, -0.2) is 57.2 Å². The number of epoxide rings is 1. The van der Waals surface area contributed by atoms with Gasteiger partial charge in [0.05, 0.1) is 13.2 Å². The van der Waals surface area contributed by atoms with E-state index < -0.39 is 37.9 Å². The molecule has 0 aromatic heterocycles. The molecule has 2 N–H and O–H groups in total. The predicted octanol–water partition coefficient (Wildman–Crippen LogP) is 1.04. The van der Waals surface area contributed by atoms with Gasteiger partial charge in [0.1, 0.15) is 6.10 Å². The standard InChI is InChI=1S/C14H28N2O5Si/c1-9(21-22(7,8)13(2,3)4)10-14(20-10,11(15)17)12(18)16(5)19-6/h9-10H,1-8H3,(H2,15,17)/t9-,10-,14-/m0/s1. The maximum Gasteiger partial charge on any atom is 0.290 e. The second-order valence-corrected chi connectivity index (χ2v) is 12.0. The van der Waals surface area contributed by atoms with E-state index in [1.807, 2.05) is 0 Å². The molecule has 2 amide bonds. The summed E-state index contributed by atoms with van der Waals surface area (Å²) in [4.78, 5) is 28.9. The van der Waals surface area contributed by atoms with E-state index in [0.29, 0.717) is 0 Å². The second kappa shape index (κ2) is 5.92. The number of primary amides is 1. The highest BCUT2D eigenvalue weighted by Gasteiger charge is 2.71. The fraction of sp³-hybridized carbons (Fsp3) is 0.857. The van der Waals surface area contributed by atoms with Gasteiger partial charge in [0, 0.05) is 7.05 Å². The van der Waals surface area contributed by atoms with E-state index in [4.69, 9.17) is 19.7 Å². The number of rotatable bonds is 6. The highest BCUT2D eigenvalue weighted by atomic mass is 28.4. The minimum Gasteiger partial charge on any atom is -0.411 e. The number of carbonyl (C=O) groups is 2. The Hall–Kier alpha value is -0.963. The molecule has 0 spiro atoms. The zero-order valence-electron chi connectivity index (χ0n) is 14.7. The first-order chi connectivity index (χ1) is 9.81.